The summed E-state index contributed by atoms with van der Waals surface area (Å²) in [4.78, 5) is 12.9. The maximum absolute atomic E-state index is 14.2. The van der Waals surface area contributed by atoms with Gasteiger partial charge in [-0.1, -0.05) is 31.7 Å². The van der Waals surface area contributed by atoms with E-state index in [2.05, 4.69) is 15.9 Å². The number of ketones is 1. The lowest BCUT2D eigenvalue weighted by Gasteiger charge is -2.31. The molecule has 0 N–H and O–H groups in total. The summed E-state index contributed by atoms with van der Waals surface area (Å²) in [5.41, 5.74) is -0.706. The van der Waals surface area contributed by atoms with Crippen molar-refractivity contribution in [1.82, 2.24) is 0 Å². The monoisotopic (exact) mass is 342 g/mol. The molecule has 1 aliphatic rings. The van der Waals surface area contributed by atoms with Crippen molar-refractivity contribution < 1.29 is 13.9 Å². The van der Waals surface area contributed by atoms with Crippen molar-refractivity contribution in [1.29, 1.82) is 0 Å². The molecule has 0 unspecified atom stereocenters. The molecule has 0 bridgehead atoms. The molecule has 0 saturated heterocycles. The lowest BCUT2D eigenvalue weighted by Crippen LogP contribution is -2.41. The minimum Gasteiger partial charge on any atom is -0.367 e. The molecule has 110 valence electrons. The summed E-state index contributed by atoms with van der Waals surface area (Å²) < 4.78 is 20.3. The fourth-order valence-corrected chi connectivity index (χ4v) is 3.30. The second kappa shape index (κ2) is 6.81. The molecule has 2 rings (SSSR count). The van der Waals surface area contributed by atoms with E-state index in [4.69, 9.17) is 4.74 Å². The van der Waals surface area contributed by atoms with Crippen LogP contribution in [0.25, 0.3) is 0 Å². The van der Waals surface area contributed by atoms with Crippen LogP contribution in [0.5, 0.6) is 0 Å². The van der Waals surface area contributed by atoms with Gasteiger partial charge < -0.3 is 4.74 Å². The van der Waals surface area contributed by atoms with Crippen molar-refractivity contribution >= 4 is 21.7 Å². The van der Waals surface area contributed by atoms with Crippen molar-refractivity contribution in [3.63, 3.8) is 0 Å². The van der Waals surface area contributed by atoms with Gasteiger partial charge in [0.15, 0.2) is 5.78 Å². The smallest absolute Gasteiger partial charge is 0.197 e. The summed E-state index contributed by atoms with van der Waals surface area (Å²) >= 11 is 3.14. The largest absolute Gasteiger partial charge is 0.367 e. The second-order valence-corrected chi connectivity index (χ2v) is 6.13. The first-order valence-electron chi connectivity index (χ1n) is 7.23. The van der Waals surface area contributed by atoms with E-state index in [1.165, 1.54) is 0 Å². The minimum absolute atomic E-state index is 0.134. The Hall–Kier alpha value is -0.740. The number of ether oxygens (including phenoxy) is 1. The van der Waals surface area contributed by atoms with Crippen molar-refractivity contribution in [3.8, 4) is 0 Å². The normalized spacial score (nSPS) is 18.6. The third-order valence-electron chi connectivity index (χ3n) is 3.94. The average molecular weight is 343 g/mol. The molecule has 0 atom stereocenters. The molecule has 0 aliphatic heterocycles. The van der Waals surface area contributed by atoms with E-state index in [-0.39, 0.29) is 11.3 Å². The molecule has 1 aromatic rings. The molecular weight excluding hydrogens is 323 g/mol. The predicted octanol–water partition coefficient (Wildman–Crippen LogP) is 4.90. The third-order valence-corrected chi connectivity index (χ3v) is 4.55. The summed E-state index contributed by atoms with van der Waals surface area (Å²) in [5, 5.41) is 0. The fraction of sp³-hybridized carbons (Fsp3) is 0.562. The van der Waals surface area contributed by atoms with Crippen molar-refractivity contribution in [2.45, 2.75) is 51.0 Å². The molecule has 2 nitrogen and oxygen atoms in total. The predicted molar refractivity (Wildman–Crippen MR) is 80.5 cm³/mol. The van der Waals surface area contributed by atoms with E-state index in [1.807, 2.05) is 6.92 Å². The van der Waals surface area contributed by atoms with Gasteiger partial charge in [0, 0.05) is 6.61 Å². The Balaban J connectivity index is 2.37. The van der Waals surface area contributed by atoms with E-state index in [9.17, 15) is 9.18 Å². The van der Waals surface area contributed by atoms with Crippen molar-refractivity contribution in [3.05, 3.63) is 34.1 Å². The molecule has 0 radical (unpaired) electrons. The van der Waals surface area contributed by atoms with Gasteiger partial charge >= 0.3 is 0 Å². The Morgan fingerprint density at radius 3 is 2.55 bits per heavy atom. The van der Waals surface area contributed by atoms with E-state index in [0.717, 1.165) is 25.7 Å². The van der Waals surface area contributed by atoms with Gasteiger partial charge in [-0.3, -0.25) is 4.79 Å². The molecule has 0 amide bonds. The van der Waals surface area contributed by atoms with Crippen LogP contribution in [-0.4, -0.2) is 18.0 Å². The Morgan fingerprint density at radius 1 is 1.30 bits per heavy atom. The zero-order valence-electron chi connectivity index (χ0n) is 11.8. The number of rotatable bonds is 4. The van der Waals surface area contributed by atoms with Gasteiger partial charge in [-0.2, -0.15) is 0 Å². The van der Waals surface area contributed by atoms with E-state index in [0.29, 0.717) is 23.9 Å². The Morgan fingerprint density at radius 2 is 1.95 bits per heavy atom. The number of hydrogen-bond donors (Lipinski definition) is 0. The quantitative estimate of drug-likeness (QED) is 0.574. The van der Waals surface area contributed by atoms with Crippen LogP contribution in [0.15, 0.2) is 22.7 Å². The third kappa shape index (κ3) is 3.12. The first-order valence-corrected chi connectivity index (χ1v) is 8.03. The van der Waals surface area contributed by atoms with Crippen LogP contribution >= 0.6 is 15.9 Å². The highest BCUT2D eigenvalue weighted by Crippen LogP contribution is 2.35. The molecule has 1 aromatic carbocycles. The summed E-state index contributed by atoms with van der Waals surface area (Å²) in [6.07, 6.45) is 5.52. The highest BCUT2D eigenvalue weighted by Gasteiger charge is 2.40. The summed E-state index contributed by atoms with van der Waals surface area (Å²) in [6.45, 7) is 2.36. The standard InChI is InChI=1S/C16H20BrFO2/c1-2-20-16(10-5-3-4-6-11-16)15(19)12-8-7-9-13(17)14(12)18/h7-9H,2-6,10-11H2,1H3. The molecule has 1 fully saturated rings. The van der Waals surface area contributed by atoms with Crippen LogP contribution in [0.2, 0.25) is 0 Å². The van der Waals surface area contributed by atoms with Gasteiger partial charge in [0.2, 0.25) is 0 Å². The van der Waals surface area contributed by atoms with E-state index in [1.54, 1.807) is 18.2 Å². The maximum atomic E-state index is 14.2. The number of carbonyl (C=O) groups excluding carboxylic acids is 1. The SMILES string of the molecule is CCOC1(C(=O)c2cccc(Br)c2F)CCCCCC1. The van der Waals surface area contributed by atoms with E-state index < -0.39 is 11.4 Å². The average Bonchev–Trinajstić information content (AvgIpc) is 2.68. The molecule has 20 heavy (non-hydrogen) atoms. The topological polar surface area (TPSA) is 26.3 Å². The van der Waals surface area contributed by atoms with Crippen LogP contribution in [0.4, 0.5) is 4.39 Å². The zero-order chi connectivity index (χ0) is 14.6. The number of carbonyl (C=O) groups is 1. The van der Waals surface area contributed by atoms with Gasteiger partial charge in [0.1, 0.15) is 11.4 Å². The number of Topliss-reactive ketones (excluding diaryl/α,β-unsaturated/α-hetero) is 1. The highest BCUT2D eigenvalue weighted by atomic mass is 79.9. The minimum atomic E-state index is -0.840. The first-order chi connectivity index (χ1) is 9.60. The summed E-state index contributed by atoms with van der Waals surface area (Å²) in [7, 11) is 0. The fourth-order valence-electron chi connectivity index (χ4n) is 2.94. The highest BCUT2D eigenvalue weighted by molar-refractivity contribution is 9.10. The van der Waals surface area contributed by atoms with Crippen molar-refractivity contribution in [2.75, 3.05) is 6.61 Å². The molecular formula is C16H20BrFO2. The molecule has 4 heteroatoms. The van der Waals surface area contributed by atoms with Crippen LogP contribution in [-0.2, 0) is 4.74 Å². The van der Waals surface area contributed by atoms with Crippen molar-refractivity contribution in [2.24, 2.45) is 0 Å². The van der Waals surface area contributed by atoms with Crippen LogP contribution in [0.1, 0.15) is 55.8 Å². The molecule has 0 spiro atoms. The molecule has 0 heterocycles. The van der Waals surface area contributed by atoms with Crippen LogP contribution < -0.4 is 0 Å². The van der Waals surface area contributed by atoms with Gasteiger partial charge in [0.25, 0.3) is 0 Å². The van der Waals surface area contributed by atoms with Crippen LogP contribution in [0, 0.1) is 5.82 Å². The Labute approximate surface area is 127 Å². The number of halogens is 2. The van der Waals surface area contributed by atoms with Crippen LogP contribution in [0.3, 0.4) is 0 Å². The molecule has 1 aliphatic carbocycles. The van der Waals surface area contributed by atoms with E-state index >= 15 is 0 Å². The first kappa shape index (κ1) is 15.6. The lowest BCUT2D eigenvalue weighted by atomic mass is 9.85. The number of benzene rings is 1. The maximum Gasteiger partial charge on any atom is 0.197 e. The van der Waals surface area contributed by atoms with Gasteiger partial charge in [-0.15, -0.1) is 0 Å². The van der Waals surface area contributed by atoms with Gasteiger partial charge in [-0.25, -0.2) is 4.39 Å². The molecule has 0 aromatic heterocycles. The zero-order valence-corrected chi connectivity index (χ0v) is 13.3. The Kier molecular flexibility index (Phi) is 5.33. The summed E-state index contributed by atoms with van der Waals surface area (Å²) in [5.74, 6) is -0.694. The van der Waals surface area contributed by atoms with Gasteiger partial charge in [0.05, 0.1) is 10.0 Å². The summed E-state index contributed by atoms with van der Waals surface area (Å²) in [6, 6.07) is 4.84. The Bertz CT molecular complexity index is 479. The number of hydrogen-bond acceptors (Lipinski definition) is 2. The second-order valence-electron chi connectivity index (χ2n) is 5.27. The lowest BCUT2D eigenvalue weighted by molar-refractivity contribution is -0.0295. The van der Waals surface area contributed by atoms with Gasteiger partial charge in [-0.05, 0) is 47.8 Å². The molecule has 1 saturated carbocycles.